The Labute approximate surface area is 132 Å². The van der Waals surface area contributed by atoms with Crippen molar-refractivity contribution in [2.75, 3.05) is 6.26 Å². The summed E-state index contributed by atoms with van der Waals surface area (Å²) in [6.45, 7) is 0. The van der Waals surface area contributed by atoms with Crippen LogP contribution in [0.4, 0.5) is 4.39 Å². The summed E-state index contributed by atoms with van der Waals surface area (Å²) < 4.78 is 36.1. The highest BCUT2D eigenvalue weighted by Gasteiger charge is 2.18. The van der Waals surface area contributed by atoms with Crippen LogP contribution < -0.4 is 10.9 Å². The van der Waals surface area contributed by atoms with E-state index in [2.05, 4.69) is 10.9 Å². The lowest BCUT2D eigenvalue weighted by Crippen LogP contribution is -2.42. The molecular formula is C15H13FN2O4S. The van der Waals surface area contributed by atoms with Crippen LogP contribution in [0.3, 0.4) is 0 Å². The highest BCUT2D eigenvalue weighted by molar-refractivity contribution is 7.90. The Hall–Kier alpha value is -2.74. The molecule has 2 aromatic carbocycles. The molecule has 0 aliphatic rings. The van der Waals surface area contributed by atoms with Crippen LogP contribution in [0.1, 0.15) is 20.7 Å². The number of nitrogens with one attached hydrogen (secondary N) is 2. The third kappa shape index (κ3) is 4.13. The summed E-state index contributed by atoms with van der Waals surface area (Å²) in [7, 11) is -3.59. The fraction of sp³-hybridized carbons (Fsp3) is 0.0667. The Morgan fingerprint density at radius 3 is 2.09 bits per heavy atom. The van der Waals surface area contributed by atoms with Crippen LogP contribution in [-0.4, -0.2) is 26.5 Å². The standard InChI is InChI=1S/C15H13FN2O4S/c1-23(21,22)13-5-3-2-4-12(13)15(20)18-17-14(19)10-6-8-11(16)9-7-10/h2-9H,1H3,(H,17,19)(H,18,20). The van der Waals surface area contributed by atoms with Gasteiger partial charge >= 0.3 is 0 Å². The fourth-order valence-corrected chi connectivity index (χ4v) is 2.72. The van der Waals surface area contributed by atoms with Crippen molar-refractivity contribution in [1.82, 2.24) is 10.9 Å². The van der Waals surface area contributed by atoms with Crippen molar-refractivity contribution in [3.05, 3.63) is 65.5 Å². The second kappa shape index (κ2) is 6.57. The van der Waals surface area contributed by atoms with Gasteiger partial charge in [-0.05, 0) is 36.4 Å². The molecule has 0 unspecified atom stereocenters. The first-order valence-corrected chi connectivity index (χ1v) is 8.33. The van der Waals surface area contributed by atoms with Crippen LogP contribution in [0.15, 0.2) is 53.4 Å². The van der Waals surface area contributed by atoms with Gasteiger partial charge in [-0.3, -0.25) is 20.4 Å². The van der Waals surface area contributed by atoms with E-state index in [0.29, 0.717) is 0 Å². The van der Waals surface area contributed by atoms with Crippen LogP contribution in [0.2, 0.25) is 0 Å². The number of amides is 2. The maximum atomic E-state index is 12.8. The smallest absolute Gasteiger partial charge is 0.267 e. The van der Waals surface area contributed by atoms with Crippen LogP contribution in [0, 0.1) is 5.82 Å². The Bertz CT molecular complexity index is 848. The molecule has 2 rings (SSSR count). The highest BCUT2D eigenvalue weighted by atomic mass is 32.2. The third-order valence-electron chi connectivity index (χ3n) is 2.93. The topological polar surface area (TPSA) is 92.3 Å². The molecule has 120 valence electrons. The van der Waals surface area contributed by atoms with Gasteiger partial charge in [0.25, 0.3) is 11.8 Å². The molecular weight excluding hydrogens is 323 g/mol. The number of carbonyl (C=O) groups excluding carboxylic acids is 2. The van der Waals surface area contributed by atoms with Gasteiger partial charge in [-0.2, -0.15) is 0 Å². The lowest BCUT2D eigenvalue weighted by Gasteiger charge is -2.10. The van der Waals surface area contributed by atoms with Gasteiger partial charge in [0.1, 0.15) is 5.82 Å². The second-order valence-corrected chi connectivity index (χ2v) is 6.67. The molecule has 0 bridgehead atoms. The van der Waals surface area contributed by atoms with E-state index in [-0.39, 0.29) is 16.0 Å². The molecule has 0 fully saturated rings. The zero-order valence-electron chi connectivity index (χ0n) is 12.0. The lowest BCUT2D eigenvalue weighted by molar-refractivity contribution is 0.0845. The maximum absolute atomic E-state index is 12.8. The molecule has 0 aliphatic carbocycles. The normalized spacial score (nSPS) is 10.9. The molecule has 0 aromatic heterocycles. The lowest BCUT2D eigenvalue weighted by atomic mass is 10.2. The molecule has 0 heterocycles. The van der Waals surface area contributed by atoms with Gasteiger partial charge in [-0.15, -0.1) is 0 Å². The quantitative estimate of drug-likeness (QED) is 0.827. The third-order valence-corrected chi connectivity index (χ3v) is 4.08. The Kier molecular flexibility index (Phi) is 4.75. The molecule has 0 radical (unpaired) electrons. The van der Waals surface area contributed by atoms with Gasteiger partial charge in [-0.25, -0.2) is 12.8 Å². The Morgan fingerprint density at radius 1 is 0.913 bits per heavy atom. The molecule has 8 heteroatoms. The molecule has 6 nitrogen and oxygen atoms in total. The SMILES string of the molecule is CS(=O)(=O)c1ccccc1C(=O)NNC(=O)c1ccc(F)cc1. The van der Waals surface area contributed by atoms with E-state index in [0.717, 1.165) is 18.4 Å². The van der Waals surface area contributed by atoms with E-state index in [9.17, 15) is 22.4 Å². The number of carbonyl (C=O) groups is 2. The molecule has 2 amide bonds. The fourth-order valence-electron chi connectivity index (χ4n) is 1.83. The van der Waals surface area contributed by atoms with Crippen LogP contribution in [-0.2, 0) is 9.84 Å². The summed E-state index contributed by atoms with van der Waals surface area (Å²) in [5.74, 6) is -1.93. The van der Waals surface area contributed by atoms with Gasteiger partial charge in [0.05, 0.1) is 10.5 Å². The molecule has 0 spiro atoms. The van der Waals surface area contributed by atoms with Crippen molar-refractivity contribution in [2.24, 2.45) is 0 Å². The van der Waals surface area contributed by atoms with Crippen LogP contribution in [0.25, 0.3) is 0 Å². The van der Waals surface area contributed by atoms with Gasteiger partial charge in [0.2, 0.25) is 0 Å². The van der Waals surface area contributed by atoms with E-state index in [1.165, 1.54) is 36.4 Å². The van der Waals surface area contributed by atoms with E-state index < -0.39 is 27.5 Å². The average Bonchev–Trinajstić information content (AvgIpc) is 2.52. The van der Waals surface area contributed by atoms with Crippen molar-refractivity contribution < 1.29 is 22.4 Å². The molecule has 0 saturated heterocycles. The first kappa shape index (κ1) is 16.6. The zero-order chi connectivity index (χ0) is 17.0. The molecule has 0 atom stereocenters. The van der Waals surface area contributed by atoms with E-state index in [1.807, 2.05) is 0 Å². The number of hydrogen-bond acceptors (Lipinski definition) is 4. The Morgan fingerprint density at radius 2 is 1.48 bits per heavy atom. The minimum absolute atomic E-state index is 0.0885. The predicted molar refractivity (Wildman–Crippen MR) is 80.9 cm³/mol. The van der Waals surface area contributed by atoms with Crippen molar-refractivity contribution in [2.45, 2.75) is 4.90 Å². The average molecular weight is 336 g/mol. The van der Waals surface area contributed by atoms with Gasteiger partial charge < -0.3 is 0 Å². The Balaban J connectivity index is 2.12. The number of sulfone groups is 1. The molecule has 0 aliphatic heterocycles. The maximum Gasteiger partial charge on any atom is 0.271 e. The van der Waals surface area contributed by atoms with Gasteiger partial charge in [0, 0.05) is 11.8 Å². The van der Waals surface area contributed by atoms with Crippen molar-refractivity contribution in [1.29, 1.82) is 0 Å². The largest absolute Gasteiger partial charge is 0.271 e. The molecule has 23 heavy (non-hydrogen) atoms. The highest BCUT2D eigenvalue weighted by Crippen LogP contribution is 2.14. The number of hydrazine groups is 1. The number of rotatable bonds is 3. The minimum atomic E-state index is -3.59. The summed E-state index contributed by atoms with van der Waals surface area (Å²) in [4.78, 5) is 23.7. The summed E-state index contributed by atoms with van der Waals surface area (Å²) >= 11 is 0. The number of halogens is 1. The molecule has 2 N–H and O–H groups in total. The second-order valence-electron chi connectivity index (χ2n) is 4.68. The number of hydrogen-bond donors (Lipinski definition) is 2. The van der Waals surface area contributed by atoms with E-state index >= 15 is 0 Å². The zero-order valence-corrected chi connectivity index (χ0v) is 12.9. The predicted octanol–water partition coefficient (Wildman–Crippen LogP) is 1.30. The van der Waals surface area contributed by atoms with Crippen LogP contribution in [0.5, 0.6) is 0 Å². The monoisotopic (exact) mass is 336 g/mol. The van der Waals surface area contributed by atoms with Gasteiger partial charge in [0.15, 0.2) is 9.84 Å². The number of benzene rings is 2. The van der Waals surface area contributed by atoms with E-state index in [1.54, 1.807) is 0 Å². The first-order valence-electron chi connectivity index (χ1n) is 6.44. The van der Waals surface area contributed by atoms with Gasteiger partial charge in [-0.1, -0.05) is 12.1 Å². The van der Waals surface area contributed by atoms with Crippen molar-refractivity contribution >= 4 is 21.7 Å². The van der Waals surface area contributed by atoms with Crippen LogP contribution >= 0.6 is 0 Å². The minimum Gasteiger partial charge on any atom is -0.267 e. The summed E-state index contributed by atoms with van der Waals surface area (Å²) in [6, 6.07) is 10.3. The summed E-state index contributed by atoms with van der Waals surface area (Å²) in [6.07, 6.45) is 0.982. The van der Waals surface area contributed by atoms with E-state index in [4.69, 9.17) is 0 Å². The summed E-state index contributed by atoms with van der Waals surface area (Å²) in [5.41, 5.74) is 4.32. The molecule has 2 aromatic rings. The first-order chi connectivity index (χ1) is 10.8. The summed E-state index contributed by atoms with van der Waals surface area (Å²) in [5, 5.41) is 0. The molecule has 0 saturated carbocycles. The van der Waals surface area contributed by atoms with Crippen molar-refractivity contribution in [3.8, 4) is 0 Å². The van der Waals surface area contributed by atoms with Crippen molar-refractivity contribution in [3.63, 3.8) is 0 Å².